The number of amides is 4. The molecular formula is C46H32N4O7. The van der Waals surface area contributed by atoms with Gasteiger partial charge in [0, 0.05) is 17.0 Å². The van der Waals surface area contributed by atoms with E-state index in [9.17, 15) is 24.3 Å². The van der Waals surface area contributed by atoms with Crippen LogP contribution in [0.4, 0.5) is 11.4 Å². The molecule has 278 valence electrons. The molecule has 1 N–H and O–H groups in total. The maximum Gasteiger partial charge on any atom is 0.238 e. The van der Waals surface area contributed by atoms with Gasteiger partial charge in [-0.2, -0.15) is 0 Å². The van der Waals surface area contributed by atoms with E-state index in [1.54, 1.807) is 66.7 Å². The van der Waals surface area contributed by atoms with Crippen LogP contribution in [0.2, 0.25) is 0 Å². The number of hydrogen-bond donors (Lipinski definition) is 1. The van der Waals surface area contributed by atoms with Crippen molar-refractivity contribution in [2.24, 2.45) is 29.6 Å². The van der Waals surface area contributed by atoms with Gasteiger partial charge in [-0.15, -0.1) is 0 Å². The van der Waals surface area contributed by atoms with E-state index in [4.69, 9.17) is 8.83 Å². The Kier molecular flexibility index (Phi) is 7.25. The average molecular weight is 753 g/mol. The molecule has 11 nitrogen and oxygen atoms in total. The van der Waals surface area contributed by atoms with Crippen molar-refractivity contribution in [1.82, 2.24) is 9.97 Å². The van der Waals surface area contributed by atoms with Crippen LogP contribution in [0.5, 0.6) is 5.75 Å². The molecular weight excluding hydrogens is 721 g/mol. The lowest BCUT2D eigenvalue weighted by Gasteiger charge is -2.44. The molecule has 7 aromatic rings. The van der Waals surface area contributed by atoms with E-state index in [2.05, 4.69) is 9.97 Å². The van der Waals surface area contributed by atoms with Crippen molar-refractivity contribution >= 4 is 57.2 Å². The largest absolute Gasteiger partial charge is 0.508 e. The molecule has 11 heteroatoms. The SMILES string of the molecule is O=C1[C@H]2[C@H](CC=C3[C@H]2C[C@H]2C(=O)N(c4ccc(-c5nc6ccccc6o5)cc4)C(=O)[C@H]2[C@H]3c2cccc(O)c2)C(=O)N1c1ccc(-c2nc3ccccc3o2)cc1. The fourth-order valence-electron chi connectivity index (χ4n) is 9.69. The number of hydrogen-bond acceptors (Lipinski definition) is 9. The summed E-state index contributed by atoms with van der Waals surface area (Å²) < 4.78 is 11.9. The van der Waals surface area contributed by atoms with Crippen LogP contribution in [0.25, 0.3) is 45.1 Å². The van der Waals surface area contributed by atoms with Gasteiger partial charge in [0.2, 0.25) is 35.4 Å². The van der Waals surface area contributed by atoms with Gasteiger partial charge >= 0.3 is 0 Å². The number of rotatable bonds is 5. The van der Waals surface area contributed by atoms with Crippen LogP contribution in [0.3, 0.4) is 0 Å². The Morgan fingerprint density at radius 2 is 1.11 bits per heavy atom. The van der Waals surface area contributed by atoms with Crippen LogP contribution in [-0.2, 0) is 19.2 Å². The summed E-state index contributed by atoms with van der Waals surface area (Å²) in [5.41, 5.74) is 6.56. The topological polar surface area (TPSA) is 147 Å². The number of carbonyl (C=O) groups excluding carboxylic acids is 4. The highest BCUT2D eigenvalue weighted by atomic mass is 16.4. The third-order valence-electron chi connectivity index (χ3n) is 12.2. The number of allylic oxidation sites excluding steroid dienone is 2. The lowest BCUT2D eigenvalue weighted by molar-refractivity contribution is -0.126. The fourth-order valence-corrected chi connectivity index (χ4v) is 9.69. The first-order valence-corrected chi connectivity index (χ1v) is 19.0. The quantitative estimate of drug-likeness (QED) is 0.136. The summed E-state index contributed by atoms with van der Waals surface area (Å²) in [6, 6.07) is 35.7. The molecule has 3 fully saturated rings. The second-order valence-corrected chi connectivity index (χ2v) is 15.2. The number of benzene rings is 5. The highest BCUT2D eigenvalue weighted by molar-refractivity contribution is 6.24. The number of imide groups is 2. The lowest BCUT2D eigenvalue weighted by atomic mass is 9.57. The second-order valence-electron chi connectivity index (χ2n) is 15.2. The monoisotopic (exact) mass is 752 g/mol. The molecule has 1 saturated carbocycles. The molecule has 4 heterocycles. The first kappa shape index (κ1) is 33.2. The summed E-state index contributed by atoms with van der Waals surface area (Å²) in [7, 11) is 0. The Balaban J connectivity index is 0.921. The molecule has 2 aromatic heterocycles. The number of phenols is 1. The summed E-state index contributed by atoms with van der Waals surface area (Å²) in [5, 5.41) is 10.6. The van der Waals surface area contributed by atoms with Gasteiger partial charge in [-0.3, -0.25) is 29.0 Å². The van der Waals surface area contributed by atoms with Gasteiger partial charge < -0.3 is 13.9 Å². The summed E-state index contributed by atoms with van der Waals surface area (Å²) >= 11 is 0. The van der Waals surface area contributed by atoms with Gasteiger partial charge in [0.05, 0.1) is 35.0 Å². The molecule has 11 rings (SSSR count). The van der Waals surface area contributed by atoms with E-state index >= 15 is 0 Å². The van der Waals surface area contributed by atoms with Crippen LogP contribution in [-0.4, -0.2) is 38.7 Å². The van der Waals surface area contributed by atoms with Crippen LogP contribution in [0.1, 0.15) is 24.3 Å². The second kappa shape index (κ2) is 12.4. The Morgan fingerprint density at radius 3 is 1.67 bits per heavy atom. The summed E-state index contributed by atoms with van der Waals surface area (Å²) in [6.07, 6.45) is 2.55. The predicted octanol–water partition coefficient (Wildman–Crippen LogP) is 8.05. The number of fused-ring (bicyclic) bond motifs is 6. The lowest BCUT2D eigenvalue weighted by Crippen LogP contribution is -2.43. The minimum Gasteiger partial charge on any atom is -0.508 e. The third kappa shape index (κ3) is 5.04. The normalized spacial score (nSPS) is 24.2. The predicted molar refractivity (Wildman–Crippen MR) is 209 cm³/mol. The molecule has 0 spiro atoms. The number of oxazole rings is 2. The number of carbonyl (C=O) groups is 4. The number of nitrogens with zero attached hydrogens (tertiary/aromatic N) is 4. The molecule has 2 aliphatic carbocycles. The standard InChI is InChI=1S/C46H32N4O7/c51-29-7-5-6-26(22-29)38-30-20-21-31-39(45(54)49(43(31)52)27-16-12-24(13-17-27)41-47-34-8-1-3-10-36(34)56-41)32(30)23-33-40(38)46(55)50(44(33)53)28-18-14-25(15-19-28)42-48-35-9-2-4-11-37(35)57-42/h1-20,22,31-33,38-40,51H,21,23H2/t31-,32+,33+,38-,39-,40+/m0/s1. The molecule has 4 amide bonds. The van der Waals surface area contributed by atoms with Gasteiger partial charge in [0.25, 0.3) is 0 Å². The van der Waals surface area contributed by atoms with Gasteiger partial charge in [0.1, 0.15) is 16.8 Å². The Labute approximate surface area is 324 Å². The zero-order valence-corrected chi connectivity index (χ0v) is 30.2. The number of aromatic hydroxyl groups is 1. The van der Waals surface area contributed by atoms with E-state index in [1.165, 1.54) is 9.80 Å². The van der Waals surface area contributed by atoms with Crippen LogP contribution >= 0.6 is 0 Å². The van der Waals surface area contributed by atoms with Crippen molar-refractivity contribution in [2.45, 2.75) is 18.8 Å². The fraction of sp³-hybridized carbons (Fsp3) is 0.174. The molecule has 4 aliphatic rings. The van der Waals surface area contributed by atoms with Gasteiger partial charge in [-0.25, -0.2) is 9.97 Å². The van der Waals surface area contributed by atoms with Crippen molar-refractivity contribution < 1.29 is 33.1 Å². The summed E-state index contributed by atoms with van der Waals surface area (Å²) in [5.74, 6) is -4.35. The Bertz CT molecular complexity index is 2790. The molecule has 0 bridgehead atoms. The van der Waals surface area contributed by atoms with Crippen molar-refractivity contribution in [1.29, 1.82) is 0 Å². The zero-order valence-electron chi connectivity index (χ0n) is 30.2. The minimum atomic E-state index is -0.766. The van der Waals surface area contributed by atoms with Gasteiger partial charge in [0.15, 0.2) is 11.2 Å². The number of phenolic OH excluding ortho intramolecular Hbond substituents is 1. The molecule has 5 aromatic carbocycles. The maximum atomic E-state index is 14.6. The average Bonchev–Trinajstić information content (AvgIpc) is 3.99. The van der Waals surface area contributed by atoms with E-state index in [1.807, 2.05) is 60.7 Å². The summed E-state index contributed by atoms with van der Waals surface area (Å²) in [6.45, 7) is 0. The Morgan fingerprint density at radius 1 is 0.561 bits per heavy atom. The Hall–Kier alpha value is -7.14. The van der Waals surface area contributed by atoms with Crippen molar-refractivity contribution in [3.63, 3.8) is 0 Å². The zero-order chi connectivity index (χ0) is 38.5. The van der Waals surface area contributed by atoms with Gasteiger partial charge in [-0.05, 0) is 109 Å². The van der Waals surface area contributed by atoms with Crippen LogP contribution in [0.15, 0.2) is 142 Å². The van der Waals surface area contributed by atoms with Gasteiger partial charge in [-0.1, -0.05) is 48.0 Å². The number of aromatic nitrogens is 2. The number of para-hydroxylation sites is 4. The molecule has 2 saturated heterocycles. The van der Waals surface area contributed by atoms with E-state index in [-0.39, 0.29) is 35.8 Å². The van der Waals surface area contributed by atoms with Crippen LogP contribution < -0.4 is 9.80 Å². The highest BCUT2D eigenvalue weighted by Crippen LogP contribution is 2.58. The molecule has 2 aliphatic heterocycles. The van der Waals surface area contributed by atoms with E-state index < -0.39 is 35.5 Å². The van der Waals surface area contributed by atoms with Crippen LogP contribution in [0, 0.1) is 29.6 Å². The molecule has 57 heavy (non-hydrogen) atoms. The van der Waals surface area contributed by atoms with E-state index in [0.29, 0.717) is 57.4 Å². The minimum absolute atomic E-state index is 0.0310. The van der Waals surface area contributed by atoms with E-state index in [0.717, 1.165) is 16.6 Å². The molecule has 0 unspecified atom stereocenters. The summed E-state index contributed by atoms with van der Waals surface area (Å²) in [4.78, 5) is 69.4. The first-order valence-electron chi connectivity index (χ1n) is 19.0. The third-order valence-corrected chi connectivity index (χ3v) is 12.2. The first-order chi connectivity index (χ1) is 27.8. The highest BCUT2D eigenvalue weighted by Gasteiger charge is 2.62. The number of anilines is 2. The molecule has 6 atom stereocenters. The molecule has 0 radical (unpaired) electrons. The smallest absolute Gasteiger partial charge is 0.238 e. The maximum absolute atomic E-state index is 14.6. The van der Waals surface area contributed by atoms with Crippen molar-refractivity contribution in [3.8, 4) is 28.7 Å². The van der Waals surface area contributed by atoms with Crippen molar-refractivity contribution in [3.05, 3.63) is 139 Å². The van der Waals surface area contributed by atoms with Crippen molar-refractivity contribution in [2.75, 3.05) is 9.80 Å².